The third-order valence-electron chi connectivity index (χ3n) is 3.37. The van der Waals surface area contributed by atoms with Gasteiger partial charge >= 0.3 is 0 Å². The molecule has 0 atom stereocenters. The number of nitrogens with two attached hydrogens (primary N) is 1. The zero-order valence-corrected chi connectivity index (χ0v) is 12.2. The van der Waals surface area contributed by atoms with Crippen LogP contribution in [0.3, 0.4) is 0 Å². The summed E-state index contributed by atoms with van der Waals surface area (Å²) in [5.74, 6) is 0.641. The summed E-state index contributed by atoms with van der Waals surface area (Å²) in [6.45, 7) is 5.12. The third-order valence-corrected chi connectivity index (χ3v) is 3.37. The molecule has 0 saturated heterocycles. The van der Waals surface area contributed by atoms with E-state index in [-0.39, 0.29) is 0 Å². The molecule has 108 valence electrons. The molecule has 0 fully saturated rings. The number of aromatic nitrogens is 3. The normalized spacial score (nSPS) is 11.0. The first-order valence-corrected chi connectivity index (χ1v) is 6.99. The van der Waals surface area contributed by atoms with Crippen LogP contribution in [0.1, 0.15) is 18.3 Å². The van der Waals surface area contributed by atoms with Gasteiger partial charge in [-0.15, -0.1) is 0 Å². The van der Waals surface area contributed by atoms with Crippen molar-refractivity contribution in [2.45, 2.75) is 20.4 Å². The Morgan fingerprint density at radius 3 is 2.81 bits per heavy atom. The van der Waals surface area contributed by atoms with E-state index in [0.717, 1.165) is 28.0 Å². The van der Waals surface area contributed by atoms with Crippen LogP contribution >= 0.6 is 0 Å². The van der Waals surface area contributed by atoms with Crippen LogP contribution in [0, 0.1) is 6.92 Å². The molecule has 0 radical (unpaired) electrons. The van der Waals surface area contributed by atoms with Gasteiger partial charge in [0.15, 0.2) is 0 Å². The number of nitrogens with zero attached hydrogens (tertiary/aromatic N) is 3. The van der Waals surface area contributed by atoms with Gasteiger partial charge in [-0.1, -0.05) is 12.1 Å². The van der Waals surface area contributed by atoms with E-state index in [2.05, 4.69) is 10.1 Å². The molecule has 5 nitrogen and oxygen atoms in total. The molecule has 2 N–H and O–H groups in total. The van der Waals surface area contributed by atoms with Gasteiger partial charge in [-0.25, -0.2) is 4.98 Å². The Morgan fingerprint density at radius 2 is 2.00 bits per heavy atom. The van der Waals surface area contributed by atoms with Crippen molar-refractivity contribution < 1.29 is 4.74 Å². The van der Waals surface area contributed by atoms with Crippen LogP contribution < -0.4 is 10.5 Å². The summed E-state index contributed by atoms with van der Waals surface area (Å²) in [5, 5.41) is 5.59. The molecule has 0 bridgehead atoms. The average Bonchev–Trinajstić information content (AvgIpc) is 2.77. The molecule has 0 aliphatic carbocycles. The Hall–Kier alpha value is -2.56. The fourth-order valence-corrected chi connectivity index (χ4v) is 2.50. The van der Waals surface area contributed by atoms with Crippen molar-refractivity contribution in [3.05, 3.63) is 47.8 Å². The molecule has 0 aliphatic rings. The van der Waals surface area contributed by atoms with Crippen molar-refractivity contribution in [3.8, 4) is 5.88 Å². The molecule has 2 heterocycles. The van der Waals surface area contributed by atoms with E-state index in [1.807, 2.05) is 54.9 Å². The lowest BCUT2D eigenvalue weighted by molar-refractivity contribution is 0.325. The second kappa shape index (κ2) is 5.44. The second-order valence-electron chi connectivity index (χ2n) is 4.88. The maximum atomic E-state index is 6.04. The lowest BCUT2D eigenvalue weighted by Gasteiger charge is -2.06. The van der Waals surface area contributed by atoms with Crippen LogP contribution in [0.15, 0.2) is 36.4 Å². The minimum Gasteiger partial charge on any atom is -0.478 e. The average molecular weight is 282 g/mol. The molecule has 1 aromatic carbocycles. The van der Waals surface area contributed by atoms with E-state index in [1.54, 1.807) is 0 Å². The molecule has 0 amide bonds. The van der Waals surface area contributed by atoms with Crippen LogP contribution in [0.4, 0.5) is 5.69 Å². The highest BCUT2D eigenvalue weighted by Gasteiger charge is 2.10. The first-order chi connectivity index (χ1) is 10.2. The summed E-state index contributed by atoms with van der Waals surface area (Å²) >= 11 is 0. The van der Waals surface area contributed by atoms with Gasteiger partial charge in [0, 0.05) is 17.1 Å². The highest BCUT2D eigenvalue weighted by atomic mass is 16.5. The van der Waals surface area contributed by atoms with Gasteiger partial charge in [0.1, 0.15) is 0 Å². The second-order valence-corrected chi connectivity index (χ2v) is 4.88. The Bertz CT molecular complexity index is 779. The van der Waals surface area contributed by atoms with Gasteiger partial charge in [-0.2, -0.15) is 5.10 Å². The number of nitrogen functional groups attached to an aromatic ring is 1. The number of anilines is 1. The van der Waals surface area contributed by atoms with Crippen molar-refractivity contribution in [1.29, 1.82) is 0 Å². The van der Waals surface area contributed by atoms with Crippen LogP contribution in [0.25, 0.3) is 10.9 Å². The van der Waals surface area contributed by atoms with E-state index in [0.29, 0.717) is 19.0 Å². The summed E-state index contributed by atoms with van der Waals surface area (Å²) in [6, 6.07) is 11.6. The van der Waals surface area contributed by atoms with Gasteiger partial charge in [-0.05, 0) is 32.0 Å². The zero-order valence-electron chi connectivity index (χ0n) is 12.2. The van der Waals surface area contributed by atoms with E-state index in [4.69, 9.17) is 10.5 Å². The van der Waals surface area contributed by atoms with Gasteiger partial charge in [0.05, 0.1) is 30.1 Å². The van der Waals surface area contributed by atoms with E-state index in [9.17, 15) is 0 Å². The molecular weight excluding hydrogens is 264 g/mol. The topological polar surface area (TPSA) is 66.0 Å². The summed E-state index contributed by atoms with van der Waals surface area (Å²) in [7, 11) is 0. The molecule has 3 aromatic rings. The van der Waals surface area contributed by atoms with Crippen molar-refractivity contribution in [2.24, 2.45) is 0 Å². The number of rotatable bonds is 4. The number of pyridine rings is 1. The van der Waals surface area contributed by atoms with Crippen molar-refractivity contribution in [2.75, 3.05) is 12.3 Å². The molecule has 21 heavy (non-hydrogen) atoms. The quantitative estimate of drug-likeness (QED) is 0.747. The minimum atomic E-state index is 0.592. The van der Waals surface area contributed by atoms with Gasteiger partial charge in [0.25, 0.3) is 0 Å². The number of ether oxygens (including phenoxy) is 1. The van der Waals surface area contributed by atoms with Crippen molar-refractivity contribution >= 4 is 16.6 Å². The number of benzene rings is 1. The predicted octanol–water partition coefficient (Wildman–Crippen LogP) is 2.77. The van der Waals surface area contributed by atoms with Crippen LogP contribution in [0.5, 0.6) is 5.88 Å². The fourth-order valence-electron chi connectivity index (χ4n) is 2.50. The SMILES string of the molecule is CCOc1cccc(Cn2nc(C)c3c(N)cccc32)n1. The van der Waals surface area contributed by atoms with Gasteiger partial charge < -0.3 is 10.5 Å². The lowest BCUT2D eigenvalue weighted by Crippen LogP contribution is -2.05. The first kappa shape index (κ1) is 13.4. The molecule has 0 spiro atoms. The lowest BCUT2D eigenvalue weighted by atomic mass is 10.2. The summed E-state index contributed by atoms with van der Waals surface area (Å²) in [6.07, 6.45) is 0. The van der Waals surface area contributed by atoms with Gasteiger partial charge in [-0.3, -0.25) is 4.68 Å². The summed E-state index contributed by atoms with van der Waals surface area (Å²) in [4.78, 5) is 4.48. The smallest absolute Gasteiger partial charge is 0.213 e. The van der Waals surface area contributed by atoms with Crippen LogP contribution in [0.2, 0.25) is 0 Å². The molecule has 0 aliphatic heterocycles. The Labute approximate surface area is 123 Å². The van der Waals surface area contributed by atoms with E-state index >= 15 is 0 Å². The Kier molecular flexibility index (Phi) is 3.48. The highest BCUT2D eigenvalue weighted by Crippen LogP contribution is 2.24. The van der Waals surface area contributed by atoms with E-state index in [1.165, 1.54) is 0 Å². The molecule has 0 saturated carbocycles. The van der Waals surface area contributed by atoms with Crippen LogP contribution in [-0.2, 0) is 6.54 Å². The molecular formula is C16H18N4O. The van der Waals surface area contributed by atoms with Crippen molar-refractivity contribution in [1.82, 2.24) is 14.8 Å². The zero-order chi connectivity index (χ0) is 14.8. The Balaban J connectivity index is 1.99. The number of fused-ring (bicyclic) bond motifs is 1. The number of aryl methyl sites for hydroxylation is 1. The number of hydrogen-bond donors (Lipinski definition) is 1. The first-order valence-electron chi connectivity index (χ1n) is 6.99. The summed E-state index contributed by atoms with van der Waals surface area (Å²) < 4.78 is 7.36. The van der Waals surface area contributed by atoms with Crippen LogP contribution in [-0.4, -0.2) is 21.4 Å². The highest BCUT2D eigenvalue weighted by molar-refractivity contribution is 5.92. The largest absolute Gasteiger partial charge is 0.478 e. The minimum absolute atomic E-state index is 0.592. The van der Waals surface area contributed by atoms with Gasteiger partial charge in [0.2, 0.25) is 5.88 Å². The maximum Gasteiger partial charge on any atom is 0.213 e. The molecule has 5 heteroatoms. The fraction of sp³-hybridized carbons (Fsp3) is 0.250. The predicted molar refractivity (Wildman–Crippen MR) is 83.4 cm³/mol. The maximum absolute atomic E-state index is 6.04. The molecule has 0 unspecified atom stereocenters. The third kappa shape index (κ3) is 2.54. The summed E-state index contributed by atoms with van der Waals surface area (Å²) in [5.41, 5.74) is 9.66. The standard InChI is InChI=1S/C16H18N4O/c1-3-21-15-9-4-6-12(18-15)10-20-14-8-5-7-13(17)16(14)11(2)19-20/h4-9H,3,10,17H2,1-2H3. The Morgan fingerprint density at radius 1 is 1.19 bits per heavy atom. The van der Waals surface area contributed by atoms with Crippen molar-refractivity contribution in [3.63, 3.8) is 0 Å². The molecule has 2 aromatic heterocycles. The molecule has 3 rings (SSSR count). The number of hydrogen-bond acceptors (Lipinski definition) is 4. The van der Waals surface area contributed by atoms with E-state index < -0.39 is 0 Å². The monoisotopic (exact) mass is 282 g/mol.